The highest BCUT2D eigenvalue weighted by molar-refractivity contribution is 5.87. The Morgan fingerprint density at radius 1 is 1.37 bits per heavy atom. The lowest BCUT2D eigenvalue weighted by atomic mass is 9.74. The minimum atomic E-state index is -0.493. The van der Waals surface area contributed by atoms with Gasteiger partial charge in [0.05, 0.1) is 0 Å². The number of hydrogen-bond acceptors (Lipinski definition) is 2. The van der Waals surface area contributed by atoms with Gasteiger partial charge in [-0.25, -0.2) is 4.79 Å². The topological polar surface area (TPSA) is 26.3 Å². The van der Waals surface area contributed by atoms with E-state index in [1.807, 2.05) is 13.8 Å². The standard InChI is InChI=1S/C17H22O2/c1-12(2)16(18)19-17(3,4)15-11-7-9-13-8-5-6-10-14(13)15/h5-6,8,10,15H,1,7,9,11H2,2-4H3. The van der Waals surface area contributed by atoms with Gasteiger partial charge in [0, 0.05) is 11.5 Å². The Morgan fingerprint density at radius 3 is 2.74 bits per heavy atom. The first-order valence-corrected chi connectivity index (χ1v) is 6.88. The summed E-state index contributed by atoms with van der Waals surface area (Å²) in [6.07, 6.45) is 3.33. The van der Waals surface area contributed by atoms with Crippen LogP contribution in [-0.4, -0.2) is 11.6 Å². The fourth-order valence-electron chi connectivity index (χ4n) is 2.87. The Balaban J connectivity index is 2.27. The van der Waals surface area contributed by atoms with E-state index < -0.39 is 5.60 Å². The molecule has 0 heterocycles. The zero-order valence-electron chi connectivity index (χ0n) is 12.0. The monoisotopic (exact) mass is 258 g/mol. The molecule has 2 heteroatoms. The average Bonchev–Trinajstić information content (AvgIpc) is 2.37. The number of benzene rings is 1. The summed E-state index contributed by atoms with van der Waals surface area (Å²) in [6, 6.07) is 8.48. The molecular weight excluding hydrogens is 236 g/mol. The highest BCUT2D eigenvalue weighted by atomic mass is 16.6. The third-order valence-electron chi connectivity index (χ3n) is 3.91. The third kappa shape index (κ3) is 2.89. The smallest absolute Gasteiger partial charge is 0.333 e. The molecular formula is C17H22O2. The van der Waals surface area contributed by atoms with Crippen LogP contribution in [0.15, 0.2) is 36.4 Å². The molecule has 0 aliphatic heterocycles. The van der Waals surface area contributed by atoms with Crippen molar-refractivity contribution in [3.63, 3.8) is 0 Å². The van der Waals surface area contributed by atoms with E-state index in [2.05, 4.69) is 30.8 Å². The maximum absolute atomic E-state index is 11.8. The van der Waals surface area contributed by atoms with Gasteiger partial charge in [0.1, 0.15) is 5.60 Å². The number of rotatable bonds is 3. The van der Waals surface area contributed by atoms with Gasteiger partial charge in [-0.3, -0.25) is 0 Å². The number of aryl methyl sites for hydroxylation is 1. The first-order chi connectivity index (χ1) is 8.92. The van der Waals surface area contributed by atoms with Gasteiger partial charge in [0.15, 0.2) is 0 Å². The van der Waals surface area contributed by atoms with Crippen molar-refractivity contribution in [1.82, 2.24) is 0 Å². The zero-order chi connectivity index (χ0) is 14.0. The molecule has 0 bridgehead atoms. The lowest BCUT2D eigenvalue weighted by molar-refractivity contribution is -0.154. The first-order valence-electron chi connectivity index (χ1n) is 6.88. The molecule has 0 N–H and O–H groups in total. The molecule has 1 aromatic rings. The molecule has 1 atom stereocenters. The van der Waals surface area contributed by atoms with E-state index in [-0.39, 0.29) is 11.9 Å². The third-order valence-corrected chi connectivity index (χ3v) is 3.91. The van der Waals surface area contributed by atoms with Gasteiger partial charge >= 0.3 is 5.97 Å². The second-order valence-electron chi connectivity index (χ2n) is 5.92. The Morgan fingerprint density at radius 2 is 2.05 bits per heavy atom. The molecule has 1 aromatic carbocycles. The first kappa shape index (κ1) is 13.9. The van der Waals surface area contributed by atoms with E-state index in [1.165, 1.54) is 11.1 Å². The number of ether oxygens (including phenoxy) is 1. The predicted molar refractivity (Wildman–Crippen MR) is 77.1 cm³/mol. The molecule has 0 amide bonds. The van der Waals surface area contributed by atoms with Crippen molar-refractivity contribution in [2.45, 2.75) is 51.6 Å². The van der Waals surface area contributed by atoms with Crippen LogP contribution in [0.2, 0.25) is 0 Å². The largest absolute Gasteiger partial charge is 0.456 e. The number of fused-ring (bicyclic) bond motifs is 1. The number of esters is 1. The molecule has 1 aliphatic rings. The highest BCUT2D eigenvalue weighted by Gasteiger charge is 2.37. The fourth-order valence-corrected chi connectivity index (χ4v) is 2.87. The molecule has 102 valence electrons. The summed E-state index contributed by atoms with van der Waals surface area (Å²) in [4.78, 5) is 11.8. The van der Waals surface area contributed by atoms with E-state index in [4.69, 9.17) is 4.74 Å². The van der Waals surface area contributed by atoms with E-state index in [1.54, 1.807) is 6.92 Å². The van der Waals surface area contributed by atoms with Crippen LogP contribution in [0.25, 0.3) is 0 Å². The maximum Gasteiger partial charge on any atom is 0.333 e. The van der Waals surface area contributed by atoms with E-state index >= 15 is 0 Å². The molecule has 1 unspecified atom stereocenters. The number of hydrogen-bond donors (Lipinski definition) is 0. The minimum absolute atomic E-state index is 0.265. The molecule has 2 rings (SSSR count). The van der Waals surface area contributed by atoms with Crippen LogP contribution in [0.3, 0.4) is 0 Å². The van der Waals surface area contributed by atoms with Crippen LogP contribution in [-0.2, 0) is 16.0 Å². The quantitative estimate of drug-likeness (QED) is 0.605. The van der Waals surface area contributed by atoms with Crippen LogP contribution >= 0.6 is 0 Å². The number of carbonyl (C=O) groups is 1. The average molecular weight is 258 g/mol. The Bertz CT molecular complexity index is 500. The van der Waals surface area contributed by atoms with Crippen molar-refractivity contribution >= 4 is 5.97 Å². The summed E-state index contributed by atoms with van der Waals surface area (Å²) in [5, 5.41) is 0. The predicted octanol–water partition coefficient (Wildman–Crippen LogP) is 4.00. The molecule has 0 radical (unpaired) electrons. The van der Waals surface area contributed by atoms with Crippen LogP contribution < -0.4 is 0 Å². The van der Waals surface area contributed by atoms with Gasteiger partial charge < -0.3 is 4.74 Å². The lowest BCUT2D eigenvalue weighted by Gasteiger charge is -2.38. The Hall–Kier alpha value is -1.57. The zero-order valence-corrected chi connectivity index (χ0v) is 12.0. The highest BCUT2D eigenvalue weighted by Crippen LogP contribution is 2.40. The summed E-state index contributed by atoms with van der Waals surface area (Å²) in [5.74, 6) is -0.0335. The summed E-state index contributed by atoms with van der Waals surface area (Å²) < 4.78 is 5.66. The van der Waals surface area contributed by atoms with E-state index in [9.17, 15) is 4.79 Å². The van der Waals surface area contributed by atoms with Crippen LogP contribution in [0, 0.1) is 0 Å². The van der Waals surface area contributed by atoms with Crippen molar-refractivity contribution in [2.75, 3.05) is 0 Å². The van der Waals surface area contributed by atoms with Crippen molar-refractivity contribution in [3.8, 4) is 0 Å². The van der Waals surface area contributed by atoms with E-state index in [0.29, 0.717) is 5.57 Å². The molecule has 0 saturated heterocycles. The van der Waals surface area contributed by atoms with Gasteiger partial charge in [-0.2, -0.15) is 0 Å². The molecule has 1 aliphatic carbocycles. The Labute approximate surface area is 115 Å². The second kappa shape index (κ2) is 5.20. The number of carbonyl (C=O) groups excluding carboxylic acids is 1. The van der Waals surface area contributed by atoms with Crippen LogP contribution in [0.5, 0.6) is 0 Å². The molecule has 0 fully saturated rings. The van der Waals surface area contributed by atoms with Gasteiger partial charge in [-0.05, 0) is 51.2 Å². The molecule has 19 heavy (non-hydrogen) atoms. The van der Waals surface area contributed by atoms with Gasteiger partial charge in [-0.15, -0.1) is 0 Å². The lowest BCUT2D eigenvalue weighted by Crippen LogP contribution is -2.37. The summed E-state index contributed by atoms with van der Waals surface area (Å²) in [5.41, 5.74) is 2.68. The molecule has 0 spiro atoms. The van der Waals surface area contributed by atoms with Crippen molar-refractivity contribution < 1.29 is 9.53 Å². The van der Waals surface area contributed by atoms with Crippen molar-refractivity contribution in [1.29, 1.82) is 0 Å². The molecule has 0 saturated carbocycles. The van der Waals surface area contributed by atoms with Crippen LogP contribution in [0.4, 0.5) is 0 Å². The van der Waals surface area contributed by atoms with E-state index in [0.717, 1.165) is 19.3 Å². The molecule has 2 nitrogen and oxygen atoms in total. The SMILES string of the molecule is C=C(C)C(=O)OC(C)(C)C1CCCc2ccccc21. The molecule has 0 aromatic heterocycles. The summed E-state index contributed by atoms with van der Waals surface area (Å²) in [6.45, 7) is 9.34. The summed E-state index contributed by atoms with van der Waals surface area (Å²) >= 11 is 0. The van der Waals surface area contributed by atoms with Gasteiger partial charge in [-0.1, -0.05) is 30.8 Å². The van der Waals surface area contributed by atoms with Crippen LogP contribution in [0.1, 0.15) is 50.7 Å². The van der Waals surface area contributed by atoms with Crippen molar-refractivity contribution in [2.24, 2.45) is 0 Å². The van der Waals surface area contributed by atoms with Crippen molar-refractivity contribution in [3.05, 3.63) is 47.5 Å². The minimum Gasteiger partial charge on any atom is -0.456 e. The van der Waals surface area contributed by atoms with Gasteiger partial charge in [0.25, 0.3) is 0 Å². The fraction of sp³-hybridized carbons (Fsp3) is 0.471. The van der Waals surface area contributed by atoms with Gasteiger partial charge in [0.2, 0.25) is 0 Å². The maximum atomic E-state index is 11.8. The normalized spacial score (nSPS) is 18.6. The summed E-state index contributed by atoms with van der Waals surface area (Å²) in [7, 11) is 0. The second-order valence-corrected chi connectivity index (χ2v) is 5.92. The Kier molecular flexibility index (Phi) is 3.79.